The van der Waals surface area contributed by atoms with Crippen LogP contribution in [0.2, 0.25) is 0 Å². The molecule has 1 aliphatic heterocycles. The van der Waals surface area contributed by atoms with Gasteiger partial charge in [0.2, 0.25) is 5.95 Å². The third-order valence-corrected chi connectivity index (χ3v) is 8.22. The largest absolute Gasteiger partial charge is 0.393 e. The van der Waals surface area contributed by atoms with Gasteiger partial charge in [0.1, 0.15) is 5.82 Å². The van der Waals surface area contributed by atoms with Crippen molar-refractivity contribution in [3.8, 4) is 0 Å². The molecular weight excluding hydrogens is 410 g/mol. The summed E-state index contributed by atoms with van der Waals surface area (Å²) in [5.41, 5.74) is 1.30. The zero-order chi connectivity index (χ0) is 23.0. The molecule has 0 spiro atoms. The number of rotatable bonds is 9. The number of aromatic nitrogens is 2. The molecule has 1 saturated heterocycles. The number of hydrogen-bond donors (Lipinski definition) is 3. The Morgan fingerprint density at radius 1 is 1.03 bits per heavy atom. The van der Waals surface area contributed by atoms with Crippen molar-refractivity contribution in [2.24, 2.45) is 5.92 Å². The van der Waals surface area contributed by atoms with Gasteiger partial charge >= 0.3 is 0 Å². The van der Waals surface area contributed by atoms with Crippen molar-refractivity contribution < 1.29 is 5.11 Å². The Balaban J connectivity index is 1.40. The average molecular weight is 458 g/mol. The summed E-state index contributed by atoms with van der Waals surface area (Å²) >= 11 is 0. The Hall–Kier alpha value is -1.40. The minimum Gasteiger partial charge on any atom is -0.393 e. The van der Waals surface area contributed by atoms with E-state index in [0.717, 1.165) is 56.2 Å². The van der Waals surface area contributed by atoms with Crippen LogP contribution in [0.3, 0.4) is 0 Å². The van der Waals surface area contributed by atoms with Gasteiger partial charge in [-0.05, 0) is 89.6 Å². The van der Waals surface area contributed by atoms with Crippen molar-refractivity contribution in [2.75, 3.05) is 30.3 Å². The van der Waals surface area contributed by atoms with E-state index in [-0.39, 0.29) is 6.10 Å². The fourth-order valence-corrected chi connectivity index (χ4v) is 6.18. The van der Waals surface area contributed by atoms with Gasteiger partial charge in [-0.1, -0.05) is 32.6 Å². The first-order chi connectivity index (χ1) is 16.1. The normalized spacial score (nSPS) is 26.8. The van der Waals surface area contributed by atoms with E-state index in [2.05, 4.69) is 35.6 Å². The van der Waals surface area contributed by atoms with Crippen molar-refractivity contribution >= 4 is 11.8 Å². The standard InChI is InChI=1S/C27H47N5O/c1-3-7-20(2)29-27-28-18-25(26(31-27)30-23-10-12-24(33)13-11-23)22-14-16-32(17-15-22)19-21-8-5-4-6-9-21/h18,20-24,33H,3-17,19H2,1-2H3,(H2,28,29,30,31)/t20-,23?,24?/m0/s1. The van der Waals surface area contributed by atoms with E-state index in [4.69, 9.17) is 9.97 Å². The van der Waals surface area contributed by atoms with Crippen molar-refractivity contribution in [1.82, 2.24) is 14.9 Å². The number of nitrogens with zero attached hydrogens (tertiary/aromatic N) is 3. The second-order valence-electron chi connectivity index (χ2n) is 11.1. The number of anilines is 2. The summed E-state index contributed by atoms with van der Waals surface area (Å²) in [6.45, 7) is 8.12. The molecule has 0 unspecified atom stereocenters. The third kappa shape index (κ3) is 7.29. The summed E-state index contributed by atoms with van der Waals surface area (Å²) in [4.78, 5) is 12.4. The Morgan fingerprint density at radius 2 is 1.76 bits per heavy atom. The Kier molecular flexibility index (Phi) is 9.25. The highest BCUT2D eigenvalue weighted by Gasteiger charge is 2.27. The minimum absolute atomic E-state index is 0.131. The van der Waals surface area contributed by atoms with Gasteiger partial charge < -0.3 is 20.6 Å². The molecule has 1 aromatic rings. The zero-order valence-corrected chi connectivity index (χ0v) is 21.1. The lowest BCUT2D eigenvalue weighted by molar-refractivity contribution is 0.126. The van der Waals surface area contributed by atoms with E-state index in [1.165, 1.54) is 70.1 Å². The zero-order valence-electron chi connectivity index (χ0n) is 21.1. The van der Waals surface area contributed by atoms with Gasteiger partial charge in [0.25, 0.3) is 0 Å². The molecule has 3 aliphatic rings. The van der Waals surface area contributed by atoms with Gasteiger partial charge in [-0.2, -0.15) is 4.98 Å². The molecule has 2 saturated carbocycles. The van der Waals surface area contributed by atoms with Crippen molar-refractivity contribution in [2.45, 2.75) is 121 Å². The average Bonchev–Trinajstić information content (AvgIpc) is 2.82. The minimum atomic E-state index is -0.131. The van der Waals surface area contributed by atoms with Gasteiger partial charge in [-0.25, -0.2) is 4.98 Å². The van der Waals surface area contributed by atoms with Gasteiger partial charge in [-0.15, -0.1) is 0 Å². The first-order valence-electron chi connectivity index (χ1n) is 13.9. The summed E-state index contributed by atoms with van der Waals surface area (Å²) in [7, 11) is 0. The van der Waals surface area contributed by atoms with Crippen molar-refractivity contribution in [3.05, 3.63) is 11.8 Å². The summed E-state index contributed by atoms with van der Waals surface area (Å²) < 4.78 is 0. The van der Waals surface area contributed by atoms with Crippen LogP contribution in [0.15, 0.2) is 6.20 Å². The van der Waals surface area contributed by atoms with Gasteiger partial charge in [-0.3, -0.25) is 0 Å². The SMILES string of the molecule is CCC[C@H](C)Nc1ncc(C2CCN(CC3CCCCC3)CC2)c(NC2CCC(O)CC2)n1. The highest BCUT2D eigenvalue weighted by atomic mass is 16.3. The molecule has 0 bridgehead atoms. The van der Waals surface area contributed by atoms with Crippen LogP contribution in [0.5, 0.6) is 0 Å². The summed E-state index contributed by atoms with van der Waals surface area (Å²) in [5.74, 6) is 3.23. The van der Waals surface area contributed by atoms with Crippen molar-refractivity contribution in [1.29, 1.82) is 0 Å². The molecule has 3 N–H and O–H groups in total. The van der Waals surface area contributed by atoms with Gasteiger partial charge in [0, 0.05) is 30.4 Å². The molecule has 2 heterocycles. The molecule has 186 valence electrons. The maximum Gasteiger partial charge on any atom is 0.224 e. The second-order valence-corrected chi connectivity index (χ2v) is 11.1. The highest BCUT2D eigenvalue weighted by Crippen LogP contribution is 2.35. The van der Waals surface area contributed by atoms with Crippen LogP contribution in [-0.4, -0.2) is 57.8 Å². The Labute approximate surface area is 201 Å². The number of nitrogens with one attached hydrogen (secondary N) is 2. The van der Waals surface area contributed by atoms with E-state index in [1.54, 1.807) is 0 Å². The first-order valence-corrected chi connectivity index (χ1v) is 13.9. The maximum atomic E-state index is 9.92. The lowest BCUT2D eigenvalue weighted by Crippen LogP contribution is -2.37. The molecule has 0 radical (unpaired) electrons. The summed E-state index contributed by atoms with van der Waals surface area (Å²) in [6, 6.07) is 0.774. The molecule has 1 aromatic heterocycles. The summed E-state index contributed by atoms with van der Waals surface area (Å²) in [5, 5.41) is 17.2. The summed E-state index contributed by atoms with van der Waals surface area (Å²) in [6.07, 6.45) is 17.6. The van der Waals surface area contributed by atoms with Crippen LogP contribution in [0.4, 0.5) is 11.8 Å². The number of likely N-dealkylation sites (tertiary alicyclic amines) is 1. The van der Waals surface area contributed by atoms with Crippen LogP contribution in [0.1, 0.15) is 109 Å². The van der Waals surface area contributed by atoms with Crippen molar-refractivity contribution in [3.63, 3.8) is 0 Å². The fourth-order valence-electron chi connectivity index (χ4n) is 6.18. The number of hydrogen-bond acceptors (Lipinski definition) is 6. The fraction of sp³-hybridized carbons (Fsp3) is 0.852. The molecule has 0 aromatic carbocycles. The lowest BCUT2D eigenvalue weighted by Gasteiger charge is -2.36. The Morgan fingerprint density at radius 3 is 2.45 bits per heavy atom. The van der Waals surface area contributed by atoms with Crippen LogP contribution in [-0.2, 0) is 0 Å². The van der Waals surface area contributed by atoms with Gasteiger partial charge in [0.05, 0.1) is 6.10 Å². The second kappa shape index (κ2) is 12.3. The van der Waals surface area contributed by atoms with Crippen LogP contribution < -0.4 is 10.6 Å². The monoisotopic (exact) mass is 457 g/mol. The van der Waals surface area contributed by atoms with Crippen LogP contribution in [0, 0.1) is 5.92 Å². The number of aliphatic hydroxyl groups is 1. The first kappa shape index (κ1) is 24.7. The molecule has 6 heteroatoms. The smallest absolute Gasteiger partial charge is 0.224 e. The van der Waals surface area contributed by atoms with E-state index in [9.17, 15) is 5.11 Å². The molecule has 0 amide bonds. The van der Waals surface area contributed by atoms with E-state index in [0.29, 0.717) is 18.0 Å². The molecule has 2 aliphatic carbocycles. The quantitative estimate of drug-likeness (QED) is 0.451. The molecule has 6 nitrogen and oxygen atoms in total. The molecular formula is C27H47N5O. The predicted octanol–water partition coefficient (Wildman–Crippen LogP) is 5.55. The van der Waals surface area contributed by atoms with E-state index in [1.807, 2.05) is 0 Å². The topological polar surface area (TPSA) is 73.3 Å². The van der Waals surface area contributed by atoms with Crippen LogP contribution >= 0.6 is 0 Å². The predicted molar refractivity (Wildman–Crippen MR) is 137 cm³/mol. The lowest BCUT2D eigenvalue weighted by atomic mass is 9.86. The Bertz CT molecular complexity index is 706. The molecule has 33 heavy (non-hydrogen) atoms. The van der Waals surface area contributed by atoms with E-state index < -0.39 is 0 Å². The number of aliphatic hydroxyl groups excluding tert-OH is 1. The molecule has 3 fully saturated rings. The third-order valence-electron chi connectivity index (χ3n) is 8.22. The molecule has 1 atom stereocenters. The van der Waals surface area contributed by atoms with Crippen LogP contribution in [0.25, 0.3) is 0 Å². The number of piperidine rings is 1. The van der Waals surface area contributed by atoms with Gasteiger partial charge in [0.15, 0.2) is 0 Å². The highest BCUT2D eigenvalue weighted by molar-refractivity contribution is 5.50. The maximum absolute atomic E-state index is 9.92. The van der Waals surface area contributed by atoms with E-state index >= 15 is 0 Å². The molecule has 4 rings (SSSR count).